The monoisotopic (exact) mass is 456 g/mol. The van der Waals surface area contributed by atoms with E-state index in [2.05, 4.69) is 22.3 Å². The van der Waals surface area contributed by atoms with E-state index in [0.29, 0.717) is 32.7 Å². The van der Waals surface area contributed by atoms with Crippen molar-refractivity contribution in [2.45, 2.75) is 56.6 Å². The average Bonchev–Trinajstić information content (AvgIpc) is 2.80. The molecule has 0 aliphatic carbocycles. The summed E-state index contributed by atoms with van der Waals surface area (Å²) < 4.78 is 25.3. The maximum Gasteiger partial charge on any atom is 0.222 e. The number of fused-ring (bicyclic) bond motifs is 1. The van der Waals surface area contributed by atoms with Crippen molar-refractivity contribution in [2.75, 3.05) is 26.3 Å². The van der Waals surface area contributed by atoms with Crippen molar-refractivity contribution in [3.05, 3.63) is 71.5 Å². The molecule has 2 saturated heterocycles. The van der Waals surface area contributed by atoms with E-state index >= 15 is 0 Å². The number of hydrogen-bond donors (Lipinski definition) is 2. The molecule has 2 aliphatic rings. The van der Waals surface area contributed by atoms with Gasteiger partial charge in [-0.05, 0) is 42.5 Å². The van der Waals surface area contributed by atoms with Crippen LogP contribution in [0.4, 0.5) is 4.39 Å². The molecule has 33 heavy (non-hydrogen) atoms. The third-order valence-electron chi connectivity index (χ3n) is 6.38. The van der Waals surface area contributed by atoms with Gasteiger partial charge < -0.3 is 19.9 Å². The van der Waals surface area contributed by atoms with Gasteiger partial charge in [0.05, 0.1) is 37.9 Å². The molecule has 2 aromatic carbocycles. The highest BCUT2D eigenvalue weighted by molar-refractivity contribution is 5.76. The zero-order valence-corrected chi connectivity index (χ0v) is 18.9. The molecule has 2 aromatic rings. The molecule has 4 rings (SSSR count). The molecule has 6 nitrogen and oxygen atoms in total. The Morgan fingerprint density at radius 2 is 1.85 bits per heavy atom. The van der Waals surface area contributed by atoms with Crippen LogP contribution < -0.4 is 5.32 Å². The minimum atomic E-state index is -0.584. The third-order valence-corrected chi connectivity index (χ3v) is 6.38. The lowest BCUT2D eigenvalue weighted by molar-refractivity contribution is -0.158. The molecule has 1 amide bonds. The molecule has 2 heterocycles. The summed E-state index contributed by atoms with van der Waals surface area (Å²) >= 11 is 0. The lowest BCUT2D eigenvalue weighted by Crippen LogP contribution is -2.55. The molecule has 2 aliphatic heterocycles. The summed E-state index contributed by atoms with van der Waals surface area (Å²) in [5, 5.41) is 13.3. The lowest BCUT2D eigenvalue weighted by atomic mass is 9.94. The zero-order valence-electron chi connectivity index (χ0n) is 18.9. The largest absolute Gasteiger partial charge is 0.389 e. The van der Waals surface area contributed by atoms with Crippen molar-refractivity contribution in [1.29, 1.82) is 0 Å². The standard InChI is InChI=1S/C26H33FN2O4/c27-21-8-6-20(7-9-21)15-29-16-22(30)17-32-18-25-24(29)11-10-23(33-25)14-26(31)28-13-12-19-4-2-1-3-5-19/h1-9,22-25,30H,10-18H2,(H,28,31)/t22-,23+,24+,25-/m1/s1. The predicted molar refractivity (Wildman–Crippen MR) is 123 cm³/mol. The number of carbonyl (C=O) groups excluding carboxylic acids is 1. The second-order valence-corrected chi connectivity index (χ2v) is 8.98. The first kappa shape index (κ1) is 23.8. The predicted octanol–water partition coefficient (Wildman–Crippen LogP) is 2.68. The van der Waals surface area contributed by atoms with Crippen LogP contribution in [-0.4, -0.2) is 66.6 Å². The van der Waals surface area contributed by atoms with Crippen LogP contribution >= 0.6 is 0 Å². The van der Waals surface area contributed by atoms with E-state index in [1.54, 1.807) is 12.1 Å². The van der Waals surface area contributed by atoms with Crippen LogP contribution in [0.5, 0.6) is 0 Å². The molecule has 0 radical (unpaired) electrons. The molecule has 4 atom stereocenters. The van der Waals surface area contributed by atoms with Crippen molar-refractivity contribution in [2.24, 2.45) is 0 Å². The number of amides is 1. The van der Waals surface area contributed by atoms with E-state index in [9.17, 15) is 14.3 Å². The number of halogens is 1. The van der Waals surface area contributed by atoms with E-state index < -0.39 is 6.10 Å². The number of ether oxygens (including phenoxy) is 2. The second kappa shape index (κ2) is 11.7. The summed E-state index contributed by atoms with van der Waals surface area (Å²) in [4.78, 5) is 14.7. The highest BCUT2D eigenvalue weighted by atomic mass is 19.1. The molecule has 0 saturated carbocycles. The molecule has 178 valence electrons. The Balaban J connectivity index is 1.30. The van der Waals surface area contributed by atoms with Crippen LogP contribution in [0.25, 0.3) is 0 Å². The van der Waals surface area contributed by atoms with Crippen LogP contribution in [0.15, 0.2) is 54.6 Å². The quantitative estimate of drug-likeness (QED) is 0.671. The number of aliphatic hydroxyl groups is 1. The lowest BCUT2D eigenvalue weighted by Gasteiger charge is -2.44. The highest BCUT2D eigenvalue weighted by Crippen LogP contribution is 2.28. The summed E-state index contributed by atoms with van der Waals surface area (Å²) in [6.45, 7) is 2.30. The van der Waals surface area contributed by atoms with Gasteiger partial charge in [0.1, 0.15) is 5.82 Å². The zero-order chi connectivity index (χ0) is 23.0. The van der Waals surface area contributed by atoms with Crippen molar-refractivity contribution in [3.8, 4) is 0 Å². The topological polar surface area (TPSA) is 71.0 Å². The summed E-state index contributed by atoms with van der Waals surface area (Å²) in [5.41, 5.74) is 2.19. The molecule has 0 bridgehead atoms. The van der Waals surface area contributed by atoms with Crippen molar-refractivity contribution < 1.29 is 23.8 Å². The van der Waals surface area contributed by atoms with Gasteiger partial charge in [0.2, 0.25) is 5.91 Å². The van der Waals surface area contributed by atoms with Crippen molar-refractivity contribution in [3.63, 3.8) is 0 Å². The molecular formula is C26H33FN2O4. The first-order chi connectivity index (χ1) is 16.1. The number of nitrogens with zero attached hydrogens (tertiary/aromatic N) is 1. The molecule has 0 spiro atoms. The van der Waals surface area contributed by atoms with Gasteiger partial charge in [-0.2, -0.15) is 0 Å². The van der Waals surface area contributed by atoms with Crippen LogP contribution in [-0.2, 0) is 27.2 Å². The minimum Gasteiger partial charge on any atom is -0.389 e. The van der Waals surface area contributed by atoms with E-state index in [1.807, 2.05) is 18.2 Å². The van der Waals surface area contributed by atoms with Crippen LogP contribution in [0.3, 0.4) is 0 Å². The third kappa shape index (κ3) is 7.08. The molecular weight excluding hydrogens is 423 g/mol. The van der Waals surface area contributed by atoms with Gasteiger partial charge in [-0.1, -0.05) is 42.5 Å². The van der Waals surface area contributed by atoms with Gasteiger partial charge in [0.15, 0.2) is 0 Å². The Kier molecular flexibility index (Phi) is 8.45. The van der Waals surface area contributed by atoms with E-state index in [4.69, 9.17) is 9.47 Å². The minimum absolute atomic E-state index is 0.000246. The van der Waals surface area contributed by atoms with Crippen molar-refractivity contribution >= 4 is 5.91 Å². The van der Waals surface area contributed by atoms with Gasteiger partial charge in [0, 0.05) is 25.7 Å². The summed E-state index contributed by atoms with van der Waals surface area (Å²) in [5.74, 6) is -0.261. The molecule has 0 unspecified atom stereocenters. The fraction of sp³-hybridized carbons (Fsp3) is 0.500. The van der Waals surface area contributed by atoms with Crippen molar-refractivity contribution in [1.82, 2.24) is 10.2 Å². The van der Waals surface area contributed by atoms with Gasteiger partial charge in [-0.3, -0.25) is 9.69 Å². The van der Waals surface area contributed by atoms with Gasteiger partial charge >= 0.3 is 0 Å². The molecule has 0 aromatic heterocycles. The van der Waals surface area contributed by atoms with E-state index in [1.165, 1.54) is 17.7 Å². The Hall–Kier alpha value is -2.32. The number of carbonyl (C=O) groups is 1. The summed E-state index contributed by atoms with van der Waals surface area (Å²) in [6, 6.07) is 16.6. The number of aliphatic hydroxyl groups excluding tert-OH is 1. The Labute approximate surface area is 194 Å². The number of rotatable bonds is 7. The molecule has 2 N–H and O–H groups in total. The summed E-state index contributed by atoms with van der Waals surface area (Å²) in [7, 11) is 0. The molecule has 2 fully saturated rings. The van der Waals surface area contributed by atoms with Crippen LogP contribution in [0, 0.1) is 5.82 Å². The Morgan fingerprint density at radius 3 is 2.64 bits per heavy atom. The second-order valence-electron chi connectivity index (χ2n) is 8.98. The van der Waals surface area contributed by atoms with E-state index in [0.717, 1.165) is 24.8 Å². The van der Waals surface area contributed by atoms with Gasteiger partial charge in [-0.25, -0.2) is 4.39 Å². The smallest absolute Gasteiger partial charge is 0.222 e. The number of β-amino-alcohol motifs (C(OH)–C–C–N with tert-alkyl or cyclic N) is 1. The van der Waals surface area contributed by atoms with Crippen LogP contribution in [0.1, 0.15) is 30.4 Å². The summed E-state index contributed by atoms with van der Waals surface area (Å²) in [6.07, 6.45) is 1.85. The maximum absolute atomic E-state index is 13.3. The van der Waals surface area contributed by atoms with Crippen LogP contribution in [0.2, 0.25) is 0 Å². The Bertz CT molecular complexity index is 880. The Morgan fingerprint density at radius 1 is 1.06 bits per heavy atom. The van der Waals surface area contributed by atoms with Gasteiger partial charge in [-0.15, -0.1) is 0 Å². The SMILES string of the molecule is O=C(C[C@@H]1CC[C@H]2[C@@H](COC[C@H](O)CN2Cc2ccc(F)cc2)O1)NCCc1ccccc1. The van der Waals surface area contributed by atoms with Gasteiger partial charge in [0.25, 0.3) is 0 Å². The first-order valence-corrected chi connectivity index (χ1v) is 11.8. The first-order valence-electron chi connectivity index (χ1n) is 11.8. The number of hydrogen-bond acceptors (Lipinski definition) is 5. The average molecular weight is 457 g/mol. The fourth-order valence-electron chi connectivity index (χ4n) is 4.72. The maximum atomic E-state index is 13.3. The van der Waals surface area contributed by atoms with E-state index in [-0.39, 0.29) is 36.6 Å². The number of benzene rings is 2. The highest BCUT2D eigenvalue weighted by Gasteiger charge is 2.38. The fourth-order valence-corrected chi connectivity index (χ4v) is 4.72. The number of nitrogens with one attached hydrogen (secondary N) is 1. The molecule has 7 heteroatoms. The normalized spacial score (nSPS) is 26.1.